The molecule has 0 aliphatic carbocycles. The Morgan fingerprint density at radius 1 is 0.912 bits per heavy atom. The molecule has 2 aromatic carbocycles. The van der Waals surface area contributed by atoms with Crippen LogP contribution in [0.5, 0.6) is 0 Å². The third-order valence-corrected chi connectivity index (χ3v) is 6.48. The van der Waals surface area contributed by atoms with Crippen LogP contribution in [0.1, 0.15) is 27.9 Å². The van der Waals surface area contributed by atoms with Gasteiger partial charge in [-0.15, -0.1) is 0 Å². The molecule has 2 heterocycles. The molecule has 34 heavy (non-hydrogen) atoms. The first-order valence-corrected chi connectivity index (χ1v) is 11.5. The van der Waals surface area contributed by atoms with E-state index in [1.54, 1.807) is 0 Å². The lowest BCUT2D eigenvalue weighted by Crippen LogP contribution is -2.51. The number of guanidine groups is 2. The highest BCUT2D eigenvalue weighted by atomic mass is 16.1. The second kappa shape index (κ2) is 9.86. The standard InChI is InChI=1S/C25H32N8O/c1-17-16-21(6-7-22(17)31-12-14-33(15-13-31)25(28)29)30-23(34)20-4-2-18(3-5-20)19-8-10-32(11-9-19)24(26)27/h2-8,16H,9-15H2,1H3,(H3,26,27)(H3,28,29)(H,30,34). The minimum absolute atomic E-state index is 0.0983. The van der Waals surface area contributed by atoms with Crippen LogP contribution >= 0.6 is 0 Å². The Balaban J connectivity index is 1.37. The molecule has 0 radical (unpaired) electrons. The topological polar surface area (TPSA) is 139 Å². The summed E-state index contributed by atoms with van der Waals surface area (Å²) in [6.45, 7) is 6.48. The first-order chi connectivity index (χ1) is 16.3. The number of benzene rings is 2. The van der Waals surface area contributed by atoms with Gasteiger partial charge in [0.15, 0.2) is 11.9 Å². The predicted octanol–water partition coefficient (Wildman–Crippen LogP) is 2.25. The Labute approximate surface area is 200 Å². The monoisotopic (exact) mass is 460 g/mol. The Morgan fingerprint density at radius 3 is 2.15 bits per heavy atom. The number of piperazine rings is 1. The fraction of sp³-hybridized carbons (Fsp3) is 0.320. The van der Waals surface area contributed by atoms with E-state index in [1.807, 2.05) is 59.2 Å². The van der Waals surface area contributed by atoms with Crippen molar-refractivity contribution in [3.8, 4) is 0 Å². The molecular formula is C25H32N8O. The van der Waals surface area contributed by atoms with E-state index < -0.39 is 0 Å². The number of carbonyl (C=O) groups is 1. The highest BCUT2D eigenvalue weighted by Gasteiger charge is 2.19. The molecule has 178 valence electrons. The van der Waals surface area contributed by atoms with E-state index >= 15 is 0 Å². The SMILES string of the molecule is Cc1cc(NC(=O)c2ccc(C3=CCN(C(=N)N)CC3)cc2)ccc1N1CCN(C(=N)N)CC1. The Morgan fingerprint density at radius 2 is 1.59 bits per heavy atom. The van der Waals surface area contributed by atoms with Crippen molar-refractivity contribution in [2.24, 2.45) is 11.5 Å². The summed E-state index contributed by atoms with van der Waals surface area (Å²) in [5.41, 5.74) is 17.0. The number of rotatable bonds is 4. The van der Waals surface area contributed by atoms with Gasteiger partial charge in [-0.2, -0.15) is 0 Å². The molecule has 1 saturated heterocycles. The van der Waals surface area contributed by atoms with E-state index in [2.05, 4.69) is 16.3 Å². The van der Waals surface area contributed by atoms with E-state index in [4.69, 9.17) is 22.3 Å². The van der Waals surface area contributed by atoms with Gasteiger partial charge in [-0.05, 0) is 60.4 Å². The smallest absolute Gasteiger partial charge is 0.255 e. The zero-order chi connectivity index (χ0) is 24.2. The van der Waals surface area contributed by atoms with E-state index in [0.717, 1.165) is 61.6 Å². The summed E-state index contributed by atoms with van der Waals surface area (Å²) in [7, 11) is 0. The average molecular weight is 461 g/mol. The van der Waals surface area contributed by atoms with Gasteiger partial charge in [-0.3, -0.25) is 15.6 Å². The van der Waals surface area contributed by atoms with Gasteiger partial charge < -0.3 is 31.5 Å². The molecule has 2 aromatic rings. The maximum absolute atomic E-state index is 12.8. The number of nitrogens with two attached hydrogens (primary N) is 2. The molecule has 2 aliphatic heterocycles. The van der Waals surface area contributed by atoms with Crippen molar-refractivity contribution in [2.45, 2.75) is 13.3 Å². The van der Waals surface area contributed by atoms with Crippen molar-refractivity contribution < 1.29 is 4.79 Å². The molecule has 0 bridgehead atoms. The zero-order valence-corrected chi connectivity index (χ0v) is 19.5. The van der Waals surface area contributed by atoms with Gasteiger partial charge in [-0.1, -0.05) is 18.2 Å². The number of hydrogen-bond acceptors (Lipinski definition) is 4. The third-order valence-electron chi connectivity index (χ3n) is 6.48. The number of hydrogen-bond donors (Lipinski definition) is 5. The molecule has 7 N–H and O–H groups in total. The van der Waals surface area contributed by atoms with Crippen molar-refractivity contribution in [3.63, 3.8) is 0 Å². The largest absolute Gasteiger partial charge is 0.370 e. The molecule has 9 heteroatoms. The fourth-order valence-corrected chi connectivity index (χ4v) is 4.47. The van der Waals surface area contributed by atoms with Gasteiger partial charge in [0, 0.05) is 56.2 Å². The molecule has 1 fully saturated rings. The van der Waals surface area contributed by atoms with Crippen LogP contribution in [0.4, 0.5) is 11.4 Å². The number of nitrogens with one attached hydrogen (secondary N) is 3. The second-order valence-electron chi connectivity index (χ2n) is 8.70. The van der Waals surface area contributed by atoms with Crippen LogP contribution in [-0.2, 0) is 0 Å². The van der Waals surface area contributed by atoms with Crippen LogP contribution in [0.2, 0.25) is 0 Å². The van der Waals surface area contributed by atoms with Crippen molar-refractivity contribution in [1.29, 1.82) is 10.8 Å². The number of carbonyl (C=O) groups excluding carboxylic acids is 1. The summed E-state index contributed by atoms with van der Waals surface area (Å²) in [5, 5.41) is 18.1. The van der Waals surface area contributed by atoms with Crippen molar-refractivity contribution in [2.75, 3.05) is 49.5 Å². The second-order valence-corrected chi connectivity index (χ2v) is 8.70. The summed E-state index contributed by atoms with van der Waals surface area (Å²) < 4.78 is 0. The van der Waals surface area contributed by atoms with Gasteiger partial charge in [0.05, 0.1) is 0 Å². The first kappa shape index (κ1) is 23.2. The quantitative estimate of drug-likeness (QED) is 0.350. The average Bonchev–Trinajstić information content (AvgIpc) is 2.84. The van der Waals surface area contributed by atoms with E-state index in [1.165, 1.54) is 5.57 Å². The van der Waals surface area contributed by atoms with Crippen LogP contribution in [0.15, 0.2) is 48.5 Å². The molecule has 9 nitrogen and oxygen atoms in total. The molecule has 0 spiro atoms. The van der Waals surface area contributed by atoms with Crippen molar-refractivity contribution in [1.82, 2.24) is 9.80 Å². The van der Waals surface area contributed by atoms with Crippen LogP contribution in [-0.4, -0.2) is 66.9 Å². The summed E-state index contributed by atoms with van der Waals surface area (Å²) in [5.74, 6) is 0.0767. The van der Waals surface area contributed by atoms with Gasteiger partial charge in [-0.25, -0.2) is 0 Å². The summed E-state index contributed by atoms with van der Waals surface area (Å²) in [4.78, 5) is 18.8. The van der Waals surface area contributed by atoms with E-state index in [-0.39, 0.29) is 17.8 Å². The van der Waals surface area contributed by atoms with Gasteiger partial charge in [0.25, 0.3) is 5.91 Å². The molecule has 0 atom stereocenters. The minimum atomic E-state index is -0.144. The molecular weight excluding hydrogens is 428 g/mol. The lowest BCUT2D eigenvalue weighted by molar-refractivity contribution is 0.102. The highest BCUT2D eigenvalue weighted by Crippen LogP contribution is 2.26. The molecule has 2 aliphatic rings. The van der Waals surface area contributed by atoms with Crippen LogP contribution in [0.25, 0.3) is 5.57 Å². The fourth-order valence-electron chi connectivity index (χ4n) is 4.47. The Bertz CT molecular complexity index is 1120. The van der Waals surface area contributed by atoms with Crippen LogP contribution in [0, 0.1) is 17.7 Å². The minimum Gasteiger partial charge on any atom is -0.370 e. The first-order valence-electron chi connectivity index (χ1n) is 11.5. The van der Waals surface area contributed by atoms with E-state index in [9.17, 15) is 4.79 Å². The Hall–Kier alpha value is -4.01. The lowest BCUT2D eigenvalue weighted by Gasteiger charge is -2.37. The highest BCUT2D eigenvalue weighted by molar-refractivity contribution is 6.04. The van der Waals surface area contributed by atoms with Crippen molar-refractivity contribution in [3.05, 3.63) is 65.2 Å². The number of amides is 1. The third kappa shape index (κ3) is 5.14. The van der Waals surface area contributed by atoms with Crippen LogP contribution < -0.4 is 21.7 Å². The predicted molar refractivity (Wildman–Crippen MR) is 137 cm³/mol. The van der Waals surface area contributed by atoms with Gasteiger partial charge in [0.2, 0.25) is 0 Å². The normalized spacial score (nSPS) is 16.1. The van der Waals surface area contributed by atoms with Crippen LogP contribution in [0.3, 0.4) is 0 Å². The molecule has 0 unspecified atom stereocenters. The maximum atomic E-state index is 12.8. The molecule has 0 saturated carbocycles. The maximum Gasteiger partial charge on any atom is 0.255 e. The number of aryl methyl sites for hydroxylation is 1. The van der Waals surface area contributed by atoms with Gasteiger partial charge >= 0.3 is 0 Å². The number of anilines is 2. The lowest BCUT2D eigenvalue weighted by atomic mass is 9.98. The molecule has 4 rings (SSSR count). The molecule has 1 amide bonds. The Kier molecular flexibility index (Phi) is 6.72. The zero-order valence-electron chi connectivity index (χ0n) is 19.5. The van der Waals surface area contributed by atoms with Gasteiger partial charge in [0.1, 0.15) is 0 Å². The summed E-state index contributed by atoms with van der Waals surface area (Å²) in [6.07, 6.45) is 2.91. The summed E-state index contributed by atoms with van der Waals surface area (Å²) >= 11 is 0. The molecule has 0 aromatic heterocycles. The summed E-state index contributed by atoms with van der Waals surface area (Å²) in [6, 6.07) is 13.6. The number of nitrogens with zero attached hydrogens (tertiary/aromatic N) is 3. The van der Waals surface area contributed by atoms with E-state index in [0.29, 0.717) is 12.1 Å². The van der Waals surface area contributed by atoms with Crippen molar-refractivity contribution >= 4 is 34.8 Å².